The van der Waals surface area contributed by atoms with Crippen LogP contribution in [0.2, 0.25) is 0 Å². The summed E-state index contributed by atoms with van der Waals surface area (Å²) in [4.78, 5) is 23.0. The molecule has 1 aromatic heterocycles. The van der Waals surface area contributed by atoms with E-state index in [1.807, 2.05) is 29.2 Å². The molecule has 0 spiro atoms. The standard InChI is InChI=1S/C21H23N3O3/c1-26-15-7-8-16(19(13-15)27-2)21(25)24-11-9-14(10-12-24)20-22-17-5-3-4-6-18(17)23-20/h3-8,13-14H,9-12H2,1-2H3,(H,22,23). The molecule has 27 heavy (non-hydrogen) atoms. The van der Waals surface area contributed by atoms with Crippen molar-refractivity contribution in [1.82, 2.24) is 14.9 Å². The van der Waals surface area contributed by atoms with Gasteiger partial charge in [0.2, 0.25) is 0 Å². The van der Waals surface area contributed by atoms with Crippen molar-refractivity contribution >= 4 is 16.9 Å². The number of nitrogens with zero attached hydrogens (tertiary/aromatic N) is 2. The molecule has 0 saturated carbocycles. The fraction of sp³-hybridized carbons (Fsp3) is 0.333. The van der Waals surface area contributed by atoms with E-state index in [-0.39, 0.29) is 5.91 Å². The predicted octanol–water partition coefficient (Wildman–Crippen LogP) is 3.60. The molecule has 140 valence electrons. The van der Waals surface area contributed by atoms with Gasteiger partial charge in [0.1, 0.15) is 17.3 Å². The van der Waals surface area contributed by atoms with Crippen molar-refractivity contribution in [3.63, 3.8) is 0 Å². The third-order valence-electron chi connectivity index (χ3n) is 5.22. The first-order chi connectivity index (χ1) is 13.2. The monoisotopic (exact) mass is 365 g/mol. The second-order valence-corrected chi connectivity index (χ2v) is 6.77. The number of hydrogen-bond donors (Lipinski definition) is 1. The number of benzene rings is 2. The molecular formula is C21H23N3O3. The number of para-hydroxylation sites is 2. The molecule has 4 rings (SSSR count). The van der Waals surface area contributed by atoms with E-state index in [0.717, 1.165) is 29.7 Å². The number of likely N-dealkylation sites (tertiary alicyclic amines) is 1. The van der Waals surface area contributed by atoms with Gasteiger partial charge in [-0.3, -0.25) is 4.79 Å². The first kappa shape index (κ1) is 17.4. The molecule has 0 radical (unpaired) electrons. The molecule has 1 aliphatic heterocycles. The molecule has 1 saturated heterocycles. The summed E-state index contributed by atoms with van der Waals surface area (Å²) in [5.41, 5.74) is 2.63. The van der Waals surface area contributed by atoms with Crippen LogP contribution in [-0.2, 0) is 0 Å². The van der Waals surface area contributed by atoms with Crippen molar-refractivity contribution in [2.45, 2.75) is 18.8 Å². The van der Waals surface area contributed by atoms with E-state index in [9.17, 15) is 4.79 Å². The summed E-state index contributed by atoms with van der Waals surface area (Å²) in [5.74, 6) is 2.58. The number of methoxy groups -OCH3 is 2. The second kappa shape index (κ2) is 7.31. The van der Waals surface area contributed by atoms with Crippen LogP contribution in [0.15, 0.2) is 42.5 Å². The van der Waals surface area contributed by atoms with E-state index in [1.165, 1.54) is 0 Å². The van der Waals surface area contributed by atoms with Gasteiger partial charge in [-0.2, -0.15) is 0 Å². The van der Waals surface area contributed by atoms with Gasteiger partial charge in [0.05, 0.1) is 30.8 Å². The van der Waals surface area contributed by atoms with Crippen LogP contribution in [0, 0.1) is 0 Å². The number of imidazole rings is 1. The van der Waals surface area contributed by atoms with Crippen molar-refractivity contribution in [1.29, 1.82) is 0 Å². The number of aromatic nitrogens is 2. The van der Waals surface area contributed by atoms with Gasteiger partial charge in [-0.15, -0.1) is 0 Å². The smallest absolute Gasteiger partial charge is 0.257 e. The van der Waals surface area contributed by atoms with E-state index in [4.69, 9.17) is 14.5 Å². The maximum Gasteiger partial charge on any atom is 0.257 e. The Morgan fingerprint density at radius 1 is 1.11 bits per heavy atom. The summed E-state index contributed by atoms with van der Waals surface area (Å²) in [5, 5.41) is 0. The van der Waals surface area contributed by atoms with Crippen molar-refractivity contribution in [2.75, 3.05) is 27.3 Å². The van der Waals surface area contributed by atoms with Gasteiger partial charge in [0.25, 0.3) is 5.91 Å². The highest BCUT2D eigenvalue weighted by Gasteiger charge is 2.27. The largest absolute Gasteiger partial charge is 0.497 e. The molecular weight excluding hydrogens is 342 g/mol. The number of ether oxygens (including phenoxy) is 2. The summed E-state index contributed by atoms with van der Waals surface area (Å²) in [6, 6.07) is 13.4. The zero-order valence-corrected chi connectivity index (χ0v) is 15.6. The Bertz CT molecular complexity index is 925. The summed E-state index contributed by atoms with van der Waals surface area (Å²) >= 11 is 0. The first-order valence-electron chi connectivity index (χ1n) is 9.15. The Balaban J connectivity index is 1.46. The lowest BCUT2D eigenvalue weighted by molar-refractivity contribution is 0.0708. The van der Waals surface area contributed by atoms with Gasteiger partial charge in [-0.05, 0) is 37.1 Å². The summed E-state index contributed by atoms with van der Waals surface area (Å²) in [7, 11) is 3.17. The normalized spacial score (nSPS) is 15.1. The minimum Gasteiger partial charge on any atom is -0.497 e. The minimum absolute atomic E-state index is 0.00226. The number of aromatic amines is 1. The van der Waals surface area contributed by atoms with Gasteiger partial charge < -0.3 is 19.4 Å². The van der Waals surface area contributed by atoms with Gasteiger partial charge in [0, 0.05) is 25.1 Å². The second-order valence-electron chi connectivity index (χ2n) is 6.77. The van der Waals surface area contributed by atoms with Crippen LogP contribution in [0.1, 0.15) is 34.9 Å². The lowest BCUT2D eigenvalue weighted by Gasteiger charge is -2.31. The fourth-order valence-corrected chi connectivity index (χ4v) is 3.67. The van der Waals surface area contributed by atoms with Crippen LogP contribution in [-0.4, -0.2) is 48.1 Å². The van der Waals surface area contributed by atoms with Crippen LogP contribution in [0.25, 0.3) is 11.0 Å². The van der Waals surface area contributed by atoms with Crippen LogP contribution < -0.4 is 9.47 Å². The maximum atomic E-state index is 12.9. The number of rotatable bonds is 4. The number of nitrogens with one attached hydrogen (secondary N) is 1. The molecule has 2 aromatic carbocycles. The minimum atomic E-state index is -0.00226. The third-order valence-corrected chi connectivity index (χ3v) is 5.22. The molecule has 1 N–H and O–H groups in total. The Kier molecular flexibility index (Phi) is 4.71. The van der Waals surface area contributed by atoms with Gasteiger partial charge in [0.15, 0.2) is 0 Å². The van der Waals surface area contributed by atoms with Crippen LogP contribution >= 0.6 is 0 Å². The maximum absolute atomic E-state index is 12.9. The Morgan fingerprint density at radius 2 is 1.89 bits per heavy atom. The van der Waals surface area contributed by atoms with E-state index in [2.05, 4.69) is 4.98 Å². The molecule has 6 heteroatoms. The molecule has 0 bridgehead atoms. The average molecular weight is 365 g/mol. The SMILES string of the molecule is COc1ccc(C(=O)N2CCC(c3nc4ccccc4[nH]3)CC2)c(OC)c1. The molecule has 0 aliphatic carbocycles. The van der Waals surface area contributed by atoms with E-state index in [0.29, 0.717) is 36.1 Å². The van der Waals surface area contributed by atoms with Crippen LogP contribution in [0.5, 0.6) is 11.5 Å². The molecule has 6 nitrogen and oxygen atoms in total. The molecule has 0 unspecified atom stereocenters. The molecule has 1 amide bonds. The first-order valence-corrected chi connectivity index (χ1v) is 9.15. The van der Waals surface area contributed by atoms with E-state index in [1.54, 1.807) is 32.4 Å². The highest BCUT2D eigenvalue weighted by molar-refractivity contribution is 5.97. The lowest BCUT2D eigenvalue weighted by atomic mass is 9.95. The third kappa shape index (κ3) is 3.35. The Hall–Kier alpha value is -3.02. The predicted molar refractivity (Wildman–Crippen MR) is 104 cm³/mol. The highest BCUT2D eigenvalue weighted by Crippen LogP contribution is 2.30. The van der Waals surface area contributed by atoms with Crippen LogP contribution in [0.3, 0.4) is 0 Å². The van der Waals surface area contributed by atoms with Crippen molar-refractivity contribution < 1.29 is 14.3 Å². The molecule has 1 aliphatic rings. The fourth-order valence-electron chi connectivity index (χ4n) is 3.67. The van der Waals surface area contributed by atoms with Crippen molar-refractivity contribution in [3.8, 4) is 11.5 Å². The van der Waals surface area contributed by atoms with Gasteiger partial charge in [-0.1, -0.05) is 12.1 Å². The van der Waals surface area contributed by atoms with Gasteiger partial charge in [-0.25, -0.2) is 4.98 Å². The number of fused-ring (bicyclic) bond motifs is 1. The number of amides is 1. The summed E-state index contributed by atoms with van der Waals surface area (Å²) < 4.78 is 10.6. The highest BCUT2D eigenvalue weighted by atomic mass is 16.5. The zero-order chi connectivity index (χ0) is 18.8. The average Bonchev–Trinajstić information content (AvgIpc) is 3.17. The topological polar surface area (TPSA) is 67.5 Å². The lowest BCUT2D eigenvalue weighted by Crippen LogP contribution is -2.38. The summed E-state index contributed by atoms with van der Waals surface area (Å²) in [6.45, 7) is 1.41. The van der Waals surface area contributed by atoms with Crippen LogP contribution in [0.4, 0.5) is 0 Å². The molecule has 2 heterocycles. The van der Waals surface area contributed by atoms with E-state index < -0.39 is 0 Å². The summed E-state index contributed by atoms with van der Waals surface area (Å²) in [6.07, 6.45) is 1.79. The van der Waals surface area contributed by atoms with Crippen molar-refractivity contribution in [2.24, 2.45) is 0 Å². The quantitative estimate of drug-likeness (QED) is 0.767. The van der Waals surface area contributed by atoms with Crippen molar-refractivity contribution in [3.05, 3.63) is 53.9 Å². The molecule has 3 aromatic rings. The number of carbonyl (C=O) groups excluding carboxylic acids is 1. The number of carbonyl (C=O) groups is 1. The molecule has 1 fully saturated rings. The molecule has 0 atom stereocenters. The zero-order valence-electron chi connectivity index (χ0n) is 15.6. The number of piperidine rings is 1. The number of H-pyrrole nitrogens is 1. The Morgan fingerprint density at radius 3 is 2.59 bits per heavy atom. The van der Waals surface area contributed by atoms with E-state index >= 15 is 0 Å². The Labute approximate surface area is 158 Å². The van der Waals surface area contributed by atoms with Gasteiger partial charge >= 0.3 is 0 Å². The number of hydrogen-bond acceptors (Lipinski definition) is 4.